The summed E-state index contributed by atoms with van der Waals surface area (Å²) in [6, 6.07) is 0. The summed E-state index contributed by atoms with van der Waals surface area (Å²) in [5, 5.41) is 12.8. The molecule has 0 aromatic heterocycles. The van der Waals surface area contributed by atoms with E-state index in [9.17, 15) is 5.11 Å². The zero-order valence-electron chi connectivity index (χ0n) is 10.0. The summed E-state index contributed by atoms with van der Waals surface area (Å²) in [5.41, 5.74) is -0.213. The summed E-state index contributed by atoms with van der Waals surface area (Å²) in [5.74, 6) is -1.37. The minimum absolute atomic E-state index is 0.213. The van der Waals surface area contributed by atoms with Crippen molar-refractivity contribution in [1.29, 1.82) is 0 Å². The summed E-state index contributed by atoms with van der Waals surface area (Å²) in [4.78, 5) is 0. The maximum absolute atomic E-state index is 9.83. The molecule has 0 aliphatic heterocycles. The fourth-order valence-corrected chi connectivity index (χ4v) is 1.32. The Morgan fingerprint density at radius 2 is 1.79 bits per heavy atom. The first-order chi connectivity index (χ1) is 6.16. The average molecular weight is 205 g/mol. The number of nitrogens with one attached hydrogen (secondary N) is 1. The van der Waals surface area contributed by atoms with E-state index in [-0.39, 0.29) is 5.54 Å². The minimum atomic E-state index is -1.37. The highest BCUT2D eigenvalue weighted by atomic mass is 16.7. The van der Waals surface area contributed by atoms with Gasteiger partial charge in [-0.15, -0.1) is 0 Å². The third-order valence-corrected chi connectivity index (χ3v) is 1.40. The molecule has 0 aliphatic rings. The number of hydrogen-bond acceptors (Lipinski definition) is 4. The predicted molar refractivity (Wildman–Crippen MR) is 55.7 cm³/mol. The largest absolute Gasteiger partial charge is 0.353 e. The smallest absolute Gasteiger partial charge is 0.224 e. The van der Waals surface area contributed by atoms with Gasteiger partial charge in [-0.3, -0.25) is 5.32 Å². The van der Waals surface area contributed by atoms with E-state index in [0.717, 1.165) is 0 Å². The van der Waals surface area contributed by atoms with E-state index in [0.29, 0.717) is 6.61 Å². The van der Waals surface area contributed by atoms with Crippen LogP contribution in [0.25, 0.3) is 0 Å². The number of hydrogen-bond donors (Lipinski definition) is 2. The molecule has 86 valence electrons. The fraction of sp³-hybridized carbons (Fsp3) is 1.00. The molecule has 2 unspecified atom stereocenters. The van der Waals surface area contributed by atoms with Crippen molar-refractivity contribution in [3.05, 3.63) is 0 Å². The molecule has 0 radical (unpaired) electrons. The van der Waals surface area contributed by atoms with Crippen molar-refractivity contribution < 1.29 is 14.6 Å². The molecule has 0 amide bonds. The van der Waals surface area contributed by atoms with Crippen LogP contribution in [-0.2, 0) is 9.47 Å². The van der Waals surface area contributed by atoms with Gasteiger partial charge >= 0.3 is 0 Å². The molecule has 0 heterocycles. The average Bonchev–Trinajstić information content (AvgIpc) is 1.78. The van der Waals surface area contributed by atoms with Gasteiger partial charge in [0.25, 0.3) is 0 Å². The molecule has 0 saturated carbocycles. The highest BCUT2D eigenvalue weighted by molar-refractivity contribution is 4.74. The Balaban J connectivity index is 4.06. The second-order valence-electron chi connectivity index (χ2n) is 4.50. The zero-order valence-corrected chi connectivity index (χ0v) is 10.0. The molecule has 0 spiro atoms. The fourth-order valence-electron chi connectivity index (χ4n) is 1.32. The first kappa shape index (κ1) is 13.8. The van der Waals surface area contributed by atoms with Crippen molar-refractivity contribution in [2.75, 3.05) is 6.61 Å². The number of aliphatic hydroxyl groups is 1. The van der Waals surface area contributed by atoms with Gasteiger partial charge in [0.15, 0.2) is 6.29 Å². The molecule has 0 bridgehead atoms. The van der Waals surface area contributed by atoms with Crippen molar-refractivity contribution in [2.24, 2.45) is 0 Å². The van der Waals surface area contributed by atoms with Gasteiger partial charge in [-0.05, 0) is 34.6 Å². The summed E-state index contributed by atoms with van der Waals surface area (Å²) in [6.07, 6.45) is -0.426. The first-order valence-corrected chi connectivity index (χ1v) is 4.97. The van der Waals surface area contributed by atoms with Gasteiger partial charge in [-0.2, -0.15) is 0 Å². The second-order valence-corrected chi connectivity index (χ2v) is 4.50. The molecule has 2 atom stereocenters. The van der Waals surface area contributed by atoms with Crippen molar-refractivity contribution in [2.45, 2.75) is 59.3 Å². The third kappa shape index (κ3) is 7.26. The van der Waals surface area contributed by atoms with Crippen LogP contribution in [-0.4, -0.2) is 29.5 Å². The molecular formula is C10H23NO3. The van der Waals surface area contributed by atoms with Crippen LogP contribution in [0.15, 0.2) is 0 Å². The summed E-state index contributed by atoms with van der Waals surface area (Å²) < 4.78 is 10.4. The van der Waals surface area contributed by atoms with Crippen LogP contribution in [0.2, 0.25) is 0 Å². The molecular weight excluding hydrogens is 182 g/mol. The van der Waals surface area contributed by atoms with Gasteiger partial charge in [0.2, 0.25) is 5.91 Å². The molecule has 14 heavy (non-hydrogen) atoms. The van der Waals surface area contributed by atoms with E-state index < -0.39 is 12.2 Å². The second kappa shape index (κ2) is 5.07. The Labute approximate surface area is 86.6 Å². The van der Waals surface area contributed by atoms with Crippen molar-refractivity contribution in [1.82, 2.24) is 5.32 Å². The van der Waals surface area contributed by atoms with Gasteiger partial charge in [0, 0.05) is 19.1 Å². The standard InChI is InChI=1S/C10H23NO3/c1-7-13-8(2)14-10(6,12)11-9(3,4)5/h8,11-12H,7H2,1-6H3. The third-order valence-electron chi connectivity index (χ3n) is 1.40. The Kier molecular flexibility index (Phi) is 5.01. The highest BCUT2D eigenvalue weighted by Gasteiger charge is 2.28. The summed E-state index contributed by atoms with van der Waals surface area (Å²) >= 11 is 0. The molecule has 4 heteroatoms. The van der Waals surface area contributed by atoms with Crippen LogP contribution in [0, 0.1) is 0 Å². The lowest BCUT2D eigenvalue weighted by Crippen LogP contribution is -2.55. The lowest BCUT2D eigenvalue weighted by atomic mass is 10.1. The molecule has 0 aliphatic carbocycles. The maximum atomic E-state index is 9.83. The molecule has 0 rings (SSSR count). The van der Waals surface area contributed by atoms with Crippen LogP contribution in [0.4, 0.5) is 0 Å². The lowest BCUT2D eigenvalue weighted by Gasteiger charge is -2.34. The monoisotopic (exact) mass is 205 g/mol. The first-order valence-electron chi connectivity index (χ1n) is 4.97. The van der Waals surface area contributed by atoms with E-state index >= 15 is 0 Å². The Morgan fingerprint density at radius 1 is 1.29 bits per heavy atom. The van der Waals surface area contributed by atoms with Crippen molar-refractivity contribution in [3.63, 3.8) is 0 Å². The van der Waals surface area contributed by atoms with E-state index in [4.69, 9.17) is 9.47 Å². The Bertz CT molecular complexity index is 163. The highest BCUT2D eigenvalue weighted by Crippen LogP contribution is 2.12. The van der Waals surface area contributed by atoms with Crippen LogP contribution in [0.3, 0.4) is 0 Å². The van der Waals surface area contributed by atoms with Gasteiger partial charge < -0.3 is 14.6 Å². The van der Waals surface area contributed by atoms with Gasteiger partial charge in [-0.25, -0.2) is 0 Å². The maximum Gasteiger partial charge on any atom is 0.224 e. The van der Waals surface area contributed by atoms with Gasteiger partial charge in [-0.1, -0.05) is 0 Å². The quantitative estimate of drug-likeness (QED) is 0.667. The summed E-state index contributed by atoms with van der Waals surface area (Å²) in [6.45, 7) is 11.6. The van der Waals surface area contributed by atoms with E-state index in [1.54, 1.807) is 13.8 Å². The van der Waals surface area contributed by atoms with Crippen LogP contribution in [0.1, 0.15) is 41.5 Å². The number of rotatable bonds is 5. The SMILES string of the molecule is CCOC(C)OC(C)(O)NC(C)(C)C. The van der Waals surface area contributed by atoms with Crippen molar-refractivity contribution in [3.8, 4) is 0 Å². The summed E-state index contributed by atoms with van der Waals surface area (Å²) in [7, 11) is 0. The molecule has 0 saturated heterocycles. The van der Waals surface area contributed by atoms with Crippen LogP contribution < -0.4 is 5.32 Å². The zero-order chi connectivity index (χ0) is 11.4. The van der Waals surface area contributed by atoms with E-state index in [1.165, 1.54) is 0 Å². The topological polar surface area (TPSA) is 50.7 Å². The molecule has 0 aromatic rings. The Morgan fingerprint density at radius 3 is 2.14 bits per heavy atom. The van der Waals surface area contributed by atoms with E-state index in [2.05, 4.69) is 5.32 Å². The lowest BCUT2D eigenvalue weighted by molar-refractivity contribution is -0.296. The minimum Gasteiger partial charge on any atom is -0.353 e. The molecule has 0 fully saturated rings. The predicted octanol–water partition coefficient (Wildman–Crippen LogP) is 1.44. The molecule has 0 aromatic carbocycles. The van der Waals surface area contributed by atoms with Gasteiger partial charge in [0.05, 0.1) is 0 Å². The molecule has 4 nitrogen and oxygen atoms in total. The van der Waals surface area contributed by atoms with Crippen LogP contribution in [0.5, 0.6) is 0 Å². The van der Waals surface area contributed by atoms with E-state index in [1.807, 2.05) is 27.7 Å². The number of ether oxygens (including phenoxy) is 2. The van der Waals surface area contributed by atoms with Crippen LogP contribution >= 0.6 is 0 Å². The normalized spacial score (nSPS) is 19.1. The van der Waals surface area contributed by atoms with Crippen molar-refractivity contribution >= 4 is 0 Å². The molecule has 2 N–H and O–H groups in total. The Hall–Kier alpha value is -0.160. The van der Waals surface area contributed by atoms with Gasteiger partial charge in [0.1, 0.15) is 0 Å².